The van der Waals surface area contributed by atoms with Crippen LogP contribution in [0.15, 0.2) is 45.3 Å². The van der Waals surface area contributed by atoms with Gasteiger partial charge in [0.05, 0.1) is 10.0 Å². The van der Waals surface area contributed by atoms with Crippen molar-refractivity contribution in [2.45, 2.75) is 6.54 Å². The number of hydrogen-bond acceptors (Lipinski definition) is 4. The average molecular weight is 399 g/mol. The molecule has 0 saturated carbocycles. The van der Waals surface area contributed by atoms with Crippen LogP contribution >= 0.6 is 38.9 Å². The van der Waals surface area contributed by atoms with E-state index in [1.165, 1.54) is 10.4 Å². The van der Waals surface area contributed by atoms with Gasteiger partial charge in [0.2, 0.25) is 0 Å². The Morgan fingerprint density at radius 3 is 2.59 bits per heavy atom. The van der Waals surface area contributed by atoms with Crippen LogP contribution in [0, 0.1) is 0 Å². The highest BCUT2D eigenvalue weighted by Crippen LogP contribution is 2.21. The molecule has 2 heterocycles. The van der Waals surface area contributed by atoms with Crippen molar-refractivity contribution < 1.29 is 0 Å². The van der Waals surface area contributed by atoms with Gasteiger partial charge in [0.15, 0.2) is 0 Å². The molecule has 1 fully saturated rings. The third-order valence-corrected chi connectivity index (χ3v) is 5.57. The zero-order valence-corrected chi connectivity index (χ0v) is 15.2. The molecule has 2 aromatic rings. The van der Waals surface area contributed by atoms with Gasteiger partial charge in [-0.05, 0) is 39.7 Å². The molecule has 0 atom stereocenters. The molecule has 116 valence electrons. The van der Waals surface area contributed by atoms with Crippen LogP contribution in [0.4, 0.5) is 0 Å². The van der Waals surface area contributed by atoms with Crippen LogP contribution in [0.1, 0.15) is 10.4 Å². The molecule has 0 amide bonds. The number of benzene rings is 1. The zero-order valence-electron chi connectivity index (χ0n) is 12.1. The van der Waals surface area contributed by atoms with Crippen molar-refractivity contribution in [2.24, 2.45) is 5.10 Å². The van der Waals surface area contributed by atoms with Gasteiger partial charge >= 0.3 is 0 Å². The predicted octanol–water partition coefficient (Wildman–Crippen LogP) is 4.32. The van der Waals surface area contributed by atoms with Crippen LogP contribution < -0.4 is 0 Å². The molecule has 3 rings (SSSR count). The summed E-state index contributed by atoms with van der Waals surface area (Å²) >= 11 is 11.4. The minimum absolute atomic E-state index is 0.853. The Balaban J connectivity index is 1.50. The van der Waals surface area contributed by atoms with Crippen molar-refractivity contribution >= 4 is 45.1 Å². The molecule has 1 aromatic carbocycles. The van der Waals surface area contributed by atoms with E-state index in [0.29, 0.717) is 0 Å². The number of rotatable bonds is 4. The van der Waals surface area contributed by atoms with E-state index in [1.54, 1.807) is 11.3 Å². The van der Waals surface area contributed by atoms with E-state index < -0.39 is 0 Å². The van der Waals surface area contributed by atoms with Crippen molar-refractivity contribution in [1.82, 2.24) is 9.91 Å². The first-order valence-electron chi connectivity index (χ1n) is 7.21. The van der Waals surface area contributed by atoms with Gasteiger partial charge in [-0.15, -0.1) is 11.3 Å². The number of piperazine rings is 1. The summed E-state index contributed by atoms with van der Waals surface area (Å²) in [4.78, 5) is 3.60. The standard InChI is InChI=1S/C16H17BrClN3S/c17-16-6-5-14(22-16)11-19-21-9-7-20(8-10-21)12-13-3-1-2-4-15(13)18/h1-6,11H,7-10,12H2. The molecule has 1 aromatic heterocycles. The van der Waals surface area contributed by atoms with Crippen molar-refractivity contribution in [3.63, 3.8) is 0 Å². The molecule has 0 spiro atoms. The third kappa shape index (κ3) is 4.32. The van der Waals surface area contributed by atoms with Gasteiger partial charge in [0.1, 0.15) is 0 Å². The molecular formula is C16H17BrClN3S. The van der Waals surface area contributed by atoms with Gasteiger partial charge in [-0.3, -0.25) is 9.91 Å². The Bertz CT molecular complexity index is 650. The van der Waals surface area contributed by atoms with E-state index in [4.69, 9.17) is 11.6 Å². The van der Waals surface area contributed by atoms with E-state index in [-0.39, 0.29) is 0 Å². The first kappa shape index (κ1) is 16.0. The summed E-state index contributed by atoms with van der Waals surface area (Å²) in [6.07, 6.45) is 1.94. The molecule has 1 aliphatic rings. The average Bonchev–Trinajstić information content (AvgIpc) is 2.94. The largest absolute Gasteiger partial charge is 0.295 e. The van der Waals surface area contributed by atoms with Crippen LogP contribution in [0.5, 0.6) is 0 Å². The van der Waals surface area contributed by atoms with E-state index in [0.717, 1.165) is 41.5 Å². The van der Waals surface area contributed by atoms with Gasteiger partial charge in [-0.25, -0.2) is 0 Å². The van der Waals surface area contributed by atoms with Crippen molar-refractivity contribution in [3.8, 4) is 0 Å². The lowest BCUT2D eigenvalue weighted by molar-refractivity contribution is 0.131. The molecule has 6 heteroatoms. The van der Waals surface area contributed by atoms with Gasteiger partial charge in [-0.1, -0.05) is 29.8 Å². The van der Waals surface area contributed by atoms with Crippen molar-refractivity contribution in [1.29, 1.82) is 0 Å². The molecular weight excluding hydrogens is 382 g/mol. The minimum atomic E-state index is 0.853. The van der Waals surface area contributed by atoms with E-state index in [9.17, 15) is 0 Å². The number of hydrazone groups is 1. The quantitative estimate of drug-likeness (QED) is 0.714. The molecule has 0 radical (unpaired) electrons. The molecule has 0 bridgehead atoms. The highest BCUT2D eigenvalue weighted by molar-refractivity contribution is 9.11. The summed E-state index contributed by atoms with van der Waals surface area (Å²) in [6, 6.07) is 12.2. The van der Waals surface area contributed by atoms with E-state index >= 15 is 0 Å². The lowest BCUT2D eigenvalue weighted by Gasteiger charge is -2.33. The second-order valence-electron chi connectivity index (χ2n) is 5.21. The molecule has 0 unspecified atom stereocenters. The smallest absolute Gasteiger partial charge is 0.0705 e. The highest BCUT2D eigenvalue weighted by Gasteiger charge is 2.16. The molecule has 1 saturated heterocycles. The van der Waals surface area contributed by atoms with Crippen LogP contribution in [0.3, 0.4) is 0 Å². The number of halogens is 2. The summed E-state index contributed by atoms with van der Waals surface area (Å²) in [6.45, 7) is 4.84. The Morgan fingerprint density at radius 2 is 1.91 bits per heavy atom. The first-order chi connectivity index (χ1) is 10.7. The fraction of sp³-hybridized carbons (Fsp3) is 0.312. The Labute approximate surface area is 148 Å². The summed E-state index contributed by atoms with van der Waals surface area (Å²) in [7, 11) is 0. The van der Waals surface area contributed by atoms with E-state index in [2.05, 4.69) is 43.1 Å². The lowest BCUT2D eigenvalue weighted by atomic mass is 10.2. The molecule has 0 aliphatic carbocycles. The Kier molecular flexibility index (Phi) is 5.52. The highest BCUT2D eigenvalue weighted by atomic mass is 79.9. The monoisotopic (exact) mass is 397 g/mol. The fourth-order valence-electron chi connectivity index (χ4n) is 2.41. The van der Waals surface area contributed by atoms with Crippen LogP contribution in [0.25, 0.3) is 0 Å². The van der Waals surface area contributed by atoms with Crippen LogP contribution in [-0.2, 0) is 6.54 Å². The van der Waals surface area contributed by atoms with Crippen LogP contribution in [0.2, 0.25) is 5.02 Å². The lowest BCUT2D eigenvalue weighted by Crippen LogP contribution is -2.43. The Hall–Kier alpha value is -0.880. The van der Waals surface area contributed by atoms with Crippen molar-refractivity contribution in [2.75, 3.05) is 26.2 Å². The molecule has 22 heavy (non-hydrogen) atoms. The Morgan fingerprint density at radius 1 is 1.14 bits per heavy atom. The second kappa shape index (κ2) is 7.59. The summed E-state index contributed by atoms with van der Waals surface area (Å²) in [5, 5.41) is 7.56. The topological polar surface area (TPSA) is 18.8 Å². The summed E-state index contributed by atoms with van der Waals surface area (Å²) in [5.74, 6) is 0. The molecule has 1 aliphatic heterocycles. The summed E-state index contributed by atoms with van der Waals surface area (Å²) in [5.41, 5.74) is 1.20. The van der Waals surface area contributed by atoms with Crippen LogP contribution in [-0.4, -0.2) is 42.3 Å². The number of hydrogen-bond donors (Lipinski definition) is 0. The second-order valence-corrected chi connectivity index (χ2v) is 8.11. The summed E-state index contributed by atoms with van der Waals surface area (Å²) < 4.78 is 1.14. The molecule has 0 N–H and O–H groups in total. The number of nitrogens with zero attached hydrogens (tertiary/aromatic N) is 3. The van der Waals surface area contributed by atoms with Gasteiger partial charge in [0, 0.05) is 42.6 Å². The maximum Gasteiger partial charge on any atom is 0.0705 e. The van der Waals surface area contributed by atoms with E-state index in [1.807, 2.05) is 30.5 Å². The van der Waals surface area contributed by atoms with Crippen molar-refractivity contribution in [3.05, 3.63) is 55.6 Å². The zero-order chi connectivity index (χ0) is 15.4. The van der Waals surface area contributed by atoms with Gasteiger partial charge in [0.25, 0.3) is 0 Å². The maximum absolute atomic E-state index is 6.23. The number of thiophene rings is 1. The fourth-order valence-corrected chi connectivity index (χ4v) is 3.90. The van der Waals surface area contributed by atoms with Gasteiger partial charge in [-0.2, -0.15) is 5.10 Å². The third-order valence-electron chi connectivity index (χ3n) is 3.64. The minimum Gasteiger partial charge on any atom is -0.295 e. The van der Waals surface area contributed by atoms with Gasteiger partial charge < -0.3 is 0 Å². The SMILES string of the molecule is Clc1ccccc1CN1CCN(N=Cc2ccc(Br)s2)CC1. The molecule has 3 nitrogen and oxygen atoms in total. The maximum atomic E-state index is 6.23. The normalized spacial score (nSPS) is 16.5. The first-order valence-corrected chi connectivity index (χ1v) is 9.19. The predicted molar refractivity (Wildman–Crippen MR) is 97.9 cm³/mol.